The molecule has 2 N–H and O–H groups in total. The fraction of sp³-hybridized carbons (Fsp3) is 0.364. The number of aromatic nitrogens is 3. The van der Waals surface area contributed by atoms with Gasteiger partial charge in [-0.25, -0.2) is 4.98 Å². The molecule has 0 atom stereocenters. The minimum atomic E-state index is -0.123. The van der Waals surface area contributed by atoms with Crippen molar-refractivity contribution in [2.45, 2.75) is 25.3 Å². The standard InChI is InChI=1S/C11H12N4O2/c16-10-5-9(12-6-8-3-4-13-17-8)14-11(15-10)7-1-2-7/h3-5,7H,1-2,6H2,(H2,12,14,15,16). The molecule has 88 valence electrons. The molecule has 0 aliphatic heterocycles. The van der Waals surface area contributed by atoms with Crippen LogP contribution in [-0.2, 0) is 6.54 Å². The third-order valence-electron chi connectivity index (χ3n) is 2.66. The molecule has 1 aliphatic carbocycles. The topological polar surface area (TPSA) is 83.8 Å². The maximum Gasteiger partial charge on any atom is 0.252 e. The summed E-state index contributed by atoms with van der Waals surface area (Å²) in [5, 5.41) is 6.65. The molecule has 2 heterocycles. The Hall–Kier alpha value is -2.11. The van der Waals surface area contributed by atoms with Crippen LogP contribution in [0.15, 0.2) is 27.6 Å². The Labute approximate surface area is 97.1 Å². The van der Waals surface area contributed by atoms with Crippen molar-refractivity contribution in [3.05, 3.63) is 40.3 Å². The molecule has 0 aromatic carbocycles. The zero-order valence-electron chi connectivity index (χ0n) is 9.14. The average molecular weight is 232 g/mol. The molecule has 0 spiro atoms. The highest BCUT2D eigenvalue weighted by Crippen LogP contribution is 2.37. The summed E-state index contributed by atoms with van der Waals surface area (Å²) >= 11 is 0. The number of nitrogens with one attached hydrogen (secondary N) is 2. The summed E-state index contributed by atoms with van der Waals surface area (Å²) in [7, 11) is 0. The molecule has 1 fully saturated rings. The molecule has 1 aliphatic rings. The van der Waals surface area contributed by atoms with Crippen molar-refractivity contribution in [3.63, 3.8) is 0 Å². The first-order valence-corrected chi connectivity index (χ1v) is 5.56. The van der Waals surface area contributed by atoms with Crippen LogP contribution in [0, 0.1) is 0 Å². The zero-order valence-corrected chi connectivity index (χ0v) is 9.14. The predicted molar refractivity (Wildman–Crippen MR) is 60.7 cm³/mol. The summed E-state index contributed by atoms with van der Waals surface area (Å²) in [5.74, 6) is 2.49. The van der Waals surface area contributed by atoms with Gasteiger partial charge in [-0.2, -0.15) is 0 Å². The lowest BCUT2D eigenvalue weighted by Gasteiger charge is -2.04. The lowest BCUT2D eigenvalue weighted by Crippen LogP contribution is -2.13. The number of anilines is 1. The van der Waals surface area contributed by atoms with Gasteiger partial charge in [0.1, 0.15) is 11.6 Å². The Morgan fingerprint density at radius 2 is 2.41 bits per heavy atom. The SMILES string of the molecule is O=c1cc(NCc2ccno2)nc(C2CC2)[nH]1. The largest absolute Gasteiger partial charge is 0.362 e. The maximum absolute atomic E-state index is 11.4. The lowest BCUT2D eigenvalue weighted by atomic mass is 10.4. The van der Waals surface area contributed by atoms with E-state index in [4.69, 9.17) is 4.52 Å². The highest BCUT2D eigenvalue weighted by molar-refractivity contribution is 5.34. The molecule has 6 nitrogen and oxygen atoms in total. The van der Waals surface area contributed by atoms with E-state index in [0.29, 0.717) is 24.0 Å². The summed E-state index contributed by atoms with van der Waals surface area (Å²) in [6.07, 6.45) is 3.79. The van der Waals surface area contributed by atoms with Gasteiger partial charge in [0.25, 0.3) is 5.56 Å². The fourth-order valence-electron chi connectivity index (χ4n) is 1.63. The third-order valence-corrected chi connectivity index (χ3v) is 2.66. The van der Waals surface area contributed by atoms with E-state index in [1.165, 1.54) is 6.07 Å². The number of nitrogens with zero attached hydrogens (tertiary/aromatic N) is 2. The van der Waals surface area contributed by atoms with Crippen LogP contribution in [-0.4, -0.2) is 15.1 Å². The van der Waals surface area contributed by atoms with Gasteiger partial charge in [-0.05, 0) is 12.8 Å². The summed E-state index contributed by atoms with van der Waals surface area (Å²) in [4.78, 5) is 18.6. The Bertz CT molecular complexity index is 557. The smallest absolute Gasteiger partial charge is 0.252 e. The second kappa shape index (κ2) is 4.04. The third kappa shape index (κ3) is 2.35. The van der Waals surface area contributed by atoms with Gasteiger partial charge in [-0.1, -0.05) is 5.16 Å². The molecular weight excluding hydrogens is 220 g/mol. The molecule has 0 unspecified atom stereocenters. The molecule has 2 aromatic heterocycles. The minimum absolute atomic E-state index is 0.123. The van der Waals surface area contributed by atoms with E-state index < -0.39 is 0 Å². The molecule has 1 saturated carbocycles. The summed E-state index contributed by atoms with van der Waals surface area (Å²) < 4.78 is 4.95. The Kier molecular flexibility index (Phi) is 2.40. The molecular formula is C11H12N4O2. The van der Waals surface area contributed by atoms with Crippen LogP contribution < -0.4 is 10.9 Å². The van der Waals surface area contributed by atoms with Crippen molar-refractivity contribution in [3.8, 4) is 0 Å². The van der Waals surface area contributed by atoms with E-state index >= 15 is 0 Å². The molecule has 6 heteroatoms. The predicted octanol–water partition coefficient (Wildman–Crippen LogP) is 1.25. The van der Waals surface area contributed by atoms with E-state index in [1.54, 1.807) is 12.3 Å². The van der Waals surface area contributed by atoms with Crippen LogP contribution in [0.5, 0.6) is 0 Å². The van der Waals surface area contributed by atoms with E-state index in [2.05, 4.69) is 20.4 Å². The highest BCUT2D eigenvalue weighted by atomic mass is 16.5. The highest BCUT2D eigenvalue weighted by Gasteiger charge is 2.26. The van der Waals surface area contributed by atoms with Crippen molar-refractivity contribution >= 4 is 5.82 Å². The van der Waals surface area contributed by atoms with E-state index in [1.807, 2.05) is 0 Å². The lowest BCUT2D eigenvalue weighted by molar-refractivity contribution is 0.388. The summed E-state index contributed by atoms with van der Waals surface area (Å²) in [6.45, 7) is 0.473. The second-order valence-corrected chi connectivity index (χ2v) is 4.12. The quantitative estimate of drug-likeness (QED) is 0.828. The molecule has 0 radical (unpaired) electrons. The van der Waals surface area contributed by atoms with Gasteiger partial charge in [-0.15, -0.1) is 0 Å². The monoisotopic (exact) mass is 232 g/mol. The number of hydrogen-bond donors (Lipinski definition) is 2. The van der Waals surface area contributed by atoms with Gasteiger partial charge in [0.2, 0.25) is 0 Å². The van der Waals surface area contributed by atoms with Crippen molar-refractivity contribution in [2.75, 3.05) is 5.32 Å². The molecule has 3 rings (SSSR count). The molecule has 2 aromatic rings. The van der Waals surface area contributed by atoms with Crippen molar-refractivity contribution < 1.29 is 4.52 Å². The zero-order chi connectivity index (χ0) is 11.7. The van der Waals surface area contributed by atoms with E-state index in [-0.39, 0.29) is 5.56 Å². The summed E-state index contributed by atoms with van der Waals surface area (Å²) in [6, 6.07) is 3.21. The van der Waals surface area contributed by atoms with E-state index in [9.17, 15) is 4.79 Å². The maximum atomic E-state index is 11.4. The second-order valence-electron chi connectivity index (χ2n) is 4.12. The molecule has 17 heavy (non-hydrogen) atoms. The van der Waals surface area contributed by atoms with E-state index in [0.717, 1.165) is 18.7 Å². The Balaban J connectivity index is 1.75. The van der Waals surface area contributed by atoms with Gasteiger partial charge in [0.15, 0.2) is 5.76 Å². The van der Waals surface area contributed by atoms with Gasteiger partial charge in [0, 0.05) is 18.1 Å². The molecule has 0 saturated heterocycles. The number of aromatic amines is 1. The molecule has 0 bridgehead atoms. The average Bonchev–Trinajstić information content (AvgIpc) is 3.04. The van der Waals surface area contributed by atoms with Crippen LogP contribution in [0.2, 0.25) is 0 Å². The van der Waals surface area contributed by atoms with Gasteiger partial charge in [0.05, 0.1) is 12.7 Å². The number of rotatable bonds is 4. The van der Waals surface area contributed by atoms with Crippen molar-refractivity contribution in [2.24, 2.45) is 0 Å². The number of hydrogen-bond acceptors (Lipinski definition) is 5. The van der Waals surface area contributed by atoms with Crippen LogP contribution in [0.25, 0.3) is 0 Å². The first-order chi connectivity index (χ1) is 8.31. The number of H-pyrrole nitrogens is 1. The summed E-state index contributed by atoms with van der Waals surface area (Å²) in [5.41, 5.74) is -0.123. The van der Waals surface area contributed by atoms with Crippen LogP contribution in [0.4, 0.5) is 5.82 Å². The van der Waals surface area contributed by atoms with Gasteiger partial charge >= 0.3 is 0 Å². The van der Waals surface area contributed by atoms with Crippen molar-refractivity contribution in [1.82, 2.24) is 15.1 Å². The van der Waals surface area contributed by atoms with Gasteiger partial charge < -0.3 is 14.8 Å². The van der Waals surface area contributed by atoms with Crippen molar-refractivity contribution in [1.29, 1.82) is 0 Å². The first-order valence-electron chi connectivity index (χ1n) is 5.56. The Morgan fingerprint density at radius 1 is 1.53 bits per heavy atom. The van der Waals surface area contributed by atoms with Crippen LogP contribution >= 0.6 is 0 Å². The van der Waals surface area contributed by atoms with Crippen LogP contribution in [0.1, 0.15) is 30.3 Å². The Morgan fingerprint density at radius 3 is 3.12 bits per heavy atom. The first kappa shape index (κ1) is 10.1. The molecule has 0 amide bonds. The van der Waals surface area contributed by atoms with Crippen LogP contribution in [0.3, 0.4) is 0 Å². The van der Waals surface area contributed by atoms with Gasteiger partial charge in [-0.3, -0.25) is 4.79 Å². The minimum Gasteiger partial charge on any atom is -0.362 e. The normalized spacial score (nSPS) is 14.8. The fourth-order valence-corrected chi connectivity index (χ4v) is 1.63.